The van der Waals surface area contributed by atoms with Crippen molar-refractivity contribution >= 4 is 40.7 Å². The Morgan fingerprint density at radius 3 is 2.41 bits per heavy atom. The van der Waals surface area contributed by atoms with E-state index < -0.39 is 17.8 Å². The van der Waals surface area contributed by atoms with E-state index in [1.54, 1.807) is 0 Å². The summed E-state index contributed by atoms with van der Waals surface area (Å²) < 4.78 is 20.1. The fourth-order valence-corrected chi connectivity index (χ4v) is 6.33. The number of rotatable bonds is 5. The Kier molecular flexibility index (Phi) is 7.18. The van der Waals surface area contributed by atoms with Crippen LogP contribution in [-0.2, 0) is 27.4 Å². The van der Waals surface area contributed by atoms with Crippen LogP contribution in [0, 0.1) is 5.82 Å². The van der Waals surface area contributed by atoms with Gasteiger partial charge in [0.25, 0.3) is 5.91 Å². The first-order valence-electron chi connectivity index (χ1n) is 13.4. The van der Waals surface area contributed by atoms with Crippen LogP contribution in [0.25, 0.3) is 0 Å². The van der Waals surface area contributed by atoms with Crippen molar-refractivity contribution in [2.75, 3.05) is 62.3 Å². The Bertz CT molecular complexity index is 1310. The lowest BCUT2D eigenvalue weighted by atomic mass is 10.0. The van der Waals surface area contributed by atoms with E-state index in [0.29, 0.717) is 37.6 Å². The molecule has 9 nitrogen and oxygen atoms in total. The van der Waals surface area contributed by atoms with Gasteiger partial charge in [-0.15, -0.1) is 0 Å². The van der Waals surface area contributed by atoms with E-state index in [2.05, 4.69) is 32.1 Å². The largest absolute Gasteiger partial charge is 0.378 e. The van der Waals surface area contributed by atoms with E-state index in [0.717, 1.165) is 54.6 Å². The molecule has 1 unspecified atom stereocenters. The highest BCUT2D eigenvalue weighted by molar-refractivity contribution is 6.33. The summed E-state index contributed by atoms with van der Waals surface area (Å²) in [6, 6.07) is 8.26. The molecule has 4 aliphatic heterocycles. The van der Waals surface area contributed by atoms with Gasteiger partial charge in [0.05, 0.1) is 23.9 Å². The molecule has 206 valence electrons. The van der Waals surface area contributed by atoms with Crippen molar-refractivity contribution < 1.29 is 23.5 Å². The molecule has 11 heteroatoms. The van der Waals surface area contributed by atoms with Crippen LogP contribution in [0.15, 0.2) is 30.3 Å². The van der Waals surface area contributed by atoms with Crippen molar-refractivity contribution in [3.8, 4) is 0 Å². The van der Waals surface area contributed by atoms with Gasteiger partial charge in [0.2, 0.25) is 11.8 Å². The number of nitrogens with one attached hydrogen (secondary N) is 1. The molecular formula is C28H31ClFN5O4. The summed E-state index contributed by atoms with van der Waals surface area (Å²) in [4.78, 5) is 45.3. The molecule has 0 bridgehead atoms. The number of benzene rings is 2. The molecule has 2 aromatic carbocycles. The third-order valence-corrected chi connectivity index (χ3v) is 8.38. The van der Waals surface area contributed by atoms with Gasteiger partial charge in [-0.25, -0.2) is 4.39 Å². The lowest BCUT2D eigenvalue weighted by Crippen LogP contribution is -2.52. The van der Waals surface area contributed by atoms with E-state index in [1.165, 1.54) is 17.0 Å². The van der Waals surface area contributed by atoms with Gasteiger partial charge < -0.3 is 19.4 Å². The number of piperazine rings is 1. The second kappa shape index (κ2) is 10.7. The summed E-state index contributed by atoms with van der Waals surface area (Å²) >= 11 is 6.63. The molecule has 6 rings (SSSR count). The second-order valence-corrected chi connectivity index (χ2v) is 10.9. The maximum Gasteiger partial charge on any atom is 0.255 e. The second-order valence-electron chi connectivity index (χ2n) is 10.5. The number of anilines is 2. The van der Waals surface area contributed by atoms with Gasteiger partial charge in [-0.1, -0.05) is 17.7 Å². The van der Waals surface area contributed by atoms with Crippen LogP contribution in [0.1, 0.15) is 34.3 Å². The SMILES string of the molecule is O=C1CCC(N2Cc3c(cc(F)cc3N3CCN(Cc4ccc(N5CCOCC5)c(Cl)c4)CC3)C2=O)C(=O)N1. The van der Waals surface area contributed by atoms with Crippen molar-refractivity contribution in [3.63, 3.8) is 0 Å². The van der Waals surface area contributed by atoms with Crippen LogP contribution in [0.2, 0.25) is 5.02 Å². The minimum Gasteiger partial charge on any atom is -0.378 e. The van der Waals surface area contributed by atoms with Gasteiger partial charge in [-0.05, 0) is 36.2 Å². The number of hydrogen-bond donors (Lipinski definition) is 1. The monoisotopic (exact) mass is 555 g/mol. The number of carbonyl (C=O) groups excluding carboxylic acids is 3. The van der Waals surface area contributed by atoms with E-state index in [9.17, 15) is 18.8 Å². The summed E-state index contributed by atoms with van der Waals surface area (Å²) in [6.45, 7) is 7.00. The van der Waals surface area contributed by atoms with Gasteiger partial charge in [-0.2, -0.15) is 0 Å². The summed E-state index contributed by atoms with van der Waals surface area (Å²) in [6.07, 6.45) is 0.458. The van der Waals surface area contributed by atoms with Gasteiger partial charge in [0.1, 0.15) is 11.9 Å². The summed E-state index contributed by atoms with van der Waals surface area (Å²) in [7, 11) is 0. The van der Waals surface area contributed by atoms with Crippen molar-refractivity contribution in [2.45, 2.75) is 32.0 Å². The molecule has 39 heavy (non-hydrogen) atoms. The van der Waals surface area contributed by atoms with Crippen LogP contribution in [0.5, 0.6) is 0 Å². The molecular weight excluding hydrogens is 525 g/mol. The third kappa shape index (κ3) is 5.20. The molecule has 4 heterocycles. The Morgan fingerprint density at radius 2 is 1.69 bits per heavy atom. The standard InChI is InChI=1S/C28H31ClFN5O4/c29-22-13-18(1-2-23(22)34-9-11-39-12-10-34)16-32-5-7-33(8-6-32)25-15-19(30)14-20-21(25)17-35(28(20)38)24-3-4-26(36)31-27(24)37/h1-2,13-15,24H,3-12,16-17H2,(H,31,36,37). The lowest BCUT2D eigenvalue weighted by Gasteiger charge is -2.37. The first-order valence-corrected chi connectivity index (χ1v) is 13.8. The highest BCUT2D eigenvalue weighted by Crippen LogP contribution is 2.36. The Balaban J connectivity index is 1.12. The van der Waals surface area contributed by atoms with E-state index in [1.807, 2.05) is 6.07 Å². The third-order valence-electron chi connectivity index (χ3n) is 8.08. The molecule has 0 aromatic heterocycles. The van der Waals surface area contributed by atoms with Gasteiger partial charge in [0, 0.05) is 75.6 Å². The van der Waals surface area contributed by atoms with Crippen LogP contribution in [0.4, 0.5) is 15.8 Å². The van der Waals surface area contributed by atoms with Gasteiger partial charge in [-0.3, -0.25) is 24.6 Å². The smallest absolute Gasteiger partial charge is 0.255 e. The molecule has 3 saturated heterocycles. The molecule has 0 spiro atoms. The zero-order chi connectivity index (χ0) is 27.1. The average Bonchev–Trinajstić information content (AvgIpc) is 3.25. The molecule has 0 aliphatic carbocycles. The quantitative estimate of drug-likeness (QED) is 0.567. The normalized spacial score (nSPS) is 22.4. The maximum absolute atomic E-state index is 14.7. The molecule has 2 aromatic rings. The molecule has 3 amide bonds. The van der Waals surface area contributed by atoms with Gasteiger partial charge in [0.15, 0.2) is 0 Å². The first-order chi connectivity index (χ1) is 18.9. The zero-order valence-corrected chi connectivity index (χ0v) is 22.4. The Labute approximate surface area is 231 Å². The van der Waals surface area contributed by atoms with E-state index >= 15 is 0 Å². The van der Waals surface area contributed by atoms with Crippen LogP contribution in [0.3, 0.4) is 0 Å². The highest BCUT2D eigenvalue weighted by atomic mass is 35.5. The molecule has 1 atom stereocenters. The molecule has 0 radical (unpaired) electrons. The number of nitrogens with zero attached hydrogens (tertiary/aromatic N) is 4. The predicted octanol–water partition coefficient (Wildman–Crippen LogP) is 2.40. The fourth-order valence-electron chi connectivity index (χ4n) is 6.00. The Morgan fingerprint density at radius 1 is 0.949 bits per heavy atom. The molecule has 1 N–H and O–H groups in total. The first kappa shape index (κ1) is 26.0. The topological polar surface area (TPSA) is 85.4 Å². The number of morpholine rings is 1. The zero-order valence-electron chi connectivity index (χ0n) is 21.6. The minimum absolute atomic E-state index is 0.181. The lowest BCUT2D eigenvalue weighted by molar-refractivity contribution is -0.136. The number of carbonyl (C=O) groups is 3. The predicted molar refractivity (Wildman–Crippen MR) is 144 cm³/mol. The van der Waals surface area contributed by atoms with Crippen LogP contribution >= 0.6 is 11.6 Å². The number of piperidine rings is 1. The minimum atomic E-state index is -0.725. The maximum atomic E-state index is 14.7. The van der Waals surface area contributed by atoms with E-state index in [-0.39, 0.29) is 31.2 Å². The molecule has 4 aliphatic rings. The van der Waals surface area contributed by atoms with Crippen molar-refractivity contribution in [3.05, 3.63) is 57.9 Å². The number of imide groups is 1. The number of hydrogen-bond acceptors (Lipinski definition) is 7. The summed E-state index contributed by atoms with van der Waals surface area (Å²) in [5.74, 6) is -1.64. The van der Waals surface area contributed by atoms with Crippen molar-refractivity contribution in [1.29, 1.82) is 0 Å². The van der Waals surface area contributed by atoms with E-state index in [4.69, 9.17) is 16.3 Å². The number of amides is 3. The summed E-state index contributed by atoms with van der Waals surface area (Å²) in [5, 5.41) is 3.06. The highest BCUT2D eigenvalue weighted by Gasteiger charge is 2.41. The Hall–Kier alpha value is -3.21. The van der Waals surface area contributed by atoms with Gasteiger partial charge >= 0.3 is 0 Å². The molecule has 0 saturated carbocycles. The number of fused-ring (bicyclic) bond motifs is 1. The fraction of sp³-hybridized carbons (Fsp3) is 0.464. The number of halogens is 2. The number of ether oxygens (including phenoxy) is 1. The van der Waals surface area contributed by atoms with Crippen molar-refractivity contribution in [1.82, 2.24) is 15.1 Å². The van der Waals surface area contributed by atoms with Crippen molar-refractivity contribution in [2.24, 2.45) is 0 Å². The molecule has 3 fully saturated rings. The summed E-state index contributed by atoms with van der Waals surface area (Å²) in [5.41, 5.74) is 3.92. The van der Waals surface area contributed by atoms with Crippen LogP contribution in [-0.4, -0.2) is 86.0 Å². The average molecular weight is 556 g/mol. The van der Waals surface area contributed by atoms with Crippen LogP contribution < -0.4 is 15.1 Å².